The smallest absolute Gasteiger partial charge is 0.306 e. The Balaban J connectivity index is 2.84. The number of halogens is 2. The highest BCUT2D eigenvalue weighted by molar-refractivity contribution is 6.35. The van der Waals surface area contributed by atoms with Crippen molar-refractivity contribution in [3.63, 3.8) is 0 Å². The van der Waals surface area contributed by atoms with E-state index in [0.717, 1.165) is 0 Å². The molecule has 1 atom stereocenters. The second-order valence-corrected chi connectivity index (χ2v) is 4.40. The zero-order valence-corrected chi connectivity index (χ0v) is 10.0. The van der Waals surface area contributed by atoms with Gasteiger partial charge >= 0.3 is 5.97 Å². The maximum atomic E-state index is 11.7. The summed E-state index contributed by atoms with van der Waals surface area (Å²) in [7, 11) is 0. The third-order valence-electron chi connectivity index (χ3n) is 2.10. The van der Waals surface area contributed by atoms with Gasteiger partial charge in [-0.1, -0.05) is 30.1 Å². The summed E-state index contributed by atoms with van der Waals surface area (Å²) < 4.78 is 0. The maximum absolute atomic E-state index is 11.7. The van der Waals surface area contributed by atoms with Crippen LogP contribution in [0.3, 0.4) is 0 Å². The van der Waals surface area contributed by atoms with Crippen LogP contribution in [0.15, 0.2) is 18.2 Å². The summed E-state index contributed by atoms with van der Waals surface area (Å²) in [5, 5.41) is 9.40. The fraction of sp³-hybridized carbons (Fsp3) is 0.273. The molecule has 1 rings (SSSR count). The van der Waals surface area contributed by atoms with Gasteiger partial charge in [-0.2, -0.15) is 0 Å². The first kappa shape index (κ1) is 13.0. The van der Waals surface area contributed by atoms with E-state index in [1.807, 2.05) is 0 Å². The van der Waals surface area contributed by atoms with Gasteiger partial charge in [-0.05, 0) is 18.2 Å². The summed E-state index contributed by atoms with van der Waals surface area (Å²) in [6.07, 6.45) is -0.0635. The molecule has 0 heterocycles. The number of hydrogen-bond donors (Lipinski definition) is 1. The normalized spacial score (nSPS) is 12.2. The highest BCUT2D eigenvalue weighted by Crippen LogP contribution is 2.21. The Morgan fingerprint density at radius 2 is 1.75 bits per heavy atom. The van der Waals surface area contributed by atoms with E-state index in [1.165, 1.54) is 25.1 Å². The fourth-order valence-electron chi connectivity index (χ4n) is 1.20. The molecular formula is C11H10Cl2O3. The highest BCUT2D eigenvalue weighted by Gasteiger charge is 2.17. The average molecular weight is 261 g/mol. The topological polar surface area (TPSA) is 54.4 Å². The number of hydrogen-bond acceptors (Lipinski definition) is 2. The third-order valence-corrected chi connectivity index (χ3v) is 2.53. The van der Waals surface area contributed by atoms with E-state index in [2.05, 4.69) is 0 Å². The molecule has 0 aliphatic carbocycles. The second-order valence-electron chi connectivity index (χ2n) is 3.52. The fourth-order valence-corrected chi connectivity index (χ4v) is 1.72. The van der Waals surface area contributed by atoms with E-state index in [1.54, 1.807) is 0 Å². The predicted molar refractivity (Wildman–Crippen MR) is 62.2 cm³/mol. The molecule has 5 heteroatoms. The molecule has 86 valence electrons. The molecule has 0 spiro atoms. The van der Waals surface area contributed by atoms with Gasteiger partial charge in [-0.15, -0.1) is 0 Å². The number of benzene rings is 1. The van der Waals surface area contributed by atoms with Gasteiger partial charge in [0.25, 0.3) is 0 Å². The lowest BCUT2D eigenvalue weighted by molar-refractivity contribution is -0.141. The Bertz CT molecular complexity index is 409. The molecule has 16 heavy (non-hydrogen) atoms. The third kappa shape index (κ3) is 3.51. The van der Waals surface area contributed by atoms with Crippen LogP contribution in [-0.4, -0.2) is 16.9 Å². The number of carboxylic acid groups (broad SMARTS) is 1. The van der Waals surface area contributed by atoms with Gasteiger partial charge in [0.15, 0.2) is 5.78 Å². The number of aliphatic carboxylic acids is 1. The average Bonchev–Trinajstić information content (AvgIpc) is 2.15. The number of rotatable bonds is 4. The van der Waals surface area contributed by atoms with Crippen LogP contribution in [-0.2, 0) is 4.79 Å². The van der Waals surface area contributed by atoms with E-state index in [-0.39, 0.29) is 12.2 Å². The number of Topliss-reactive ketones (excluding diaryl/α,β-unsaturated/α-hetero) is 1. The molecule has 0 aromatic heterocycles. The van der Waals surface area contributed by atoms with Crippen molar-refractivity contribution in [2.45, 2.75) is 13.3 Å². The van der Waals surface area contributed by atoms with E-state index in [0.29, 0.717) is 15.6 Å². The van der Waals surface area contributed by atoms with Gasteiger partial charge in [0.05, 0.1) is 5.92 Å². The van der Waals surface area contributed by atoms with Crippen molar-refractivity contribution in [2.75, 3.05) is 0 Å². The van der Waals surface area contributed by atoms with Crippen molar-refractivity contribution in [3.8, 4) is 0 Å². The highest BCUT2D eigenvalue weighted by atomic mass is 35.5. The van der Waals surface area contributed by atoms with Crippen molar-refractivity contribution in [1.29, 1.82) is 0 Å². The predicted octanol–water partition coefficient (Wildman–Crippen LogP) is 3.29. The molecule has 0 aliphatic rings. The first-order valence-corrected chi connectivity index (χ1v) is 5.38. The van der Waals surface area contributed by atoms with Gasteiger partial charge in [-0.25, -0.2) is 0 Å². The molecule has 0 fully saturated rings. The minimum Gasteiger partial charge on any atom is -0.481 e. The Morgan fingerprint density at radius 3 is 2.19 bits per heavy atom. The molecule has 1 aromatic rings. The lowest BCUT2D eigenvalue weighted by Crippen LogP contribution is -2.14. The van der Waals surface area contributed by atoms with Crippen LogP contribution >= 0.6 is 23.2 Å². The maximum Gasteiger partial charge on any atom is 0.306 e. The summed E-state index contributed by atoms with van der Waals surface area (Å²) in [6, 6.07) is 4.47. The first-order valence-electron chi connectivity index (χ1n) is 4.62. The van der Waals surface area contributed by atoms with Crippen LogP contribution in [0.2, 0.25) is 10.0 Å². The molecule has 0 amide bonds. The zero-order chi connectivity index (χ0) is 12.3. The number of ketones is 1. The first-order chi connectivity index (χ1) is 7.40. The molecule has 0 saturated heterocycles. The van der Waals surface area contributed by atoms with Crippen LogP contribution in [0.25, 0.3) is 0 Å². The summed E-state index contributed by atoms with van der Waals surface area (Å²) in [6.45, 7) is 1.48. The minimum atomic E-state index is -0.999. The monoisotopic (exact) mass is 260 g/mol. The standard InChI is InChI=1S/C11H10Cl2O3/c1-6(11(15)16)2-10(14)7-3-8(12)5-9(13)4-7/h3-6H,2H2,1H3,(H,15,16). The summed E-state index contributed by atoms with van der Waals surface area (Å²) in [5.74, 6) is -1.99. The van der Waals surface area contributed by atoms with Gasteiger partial charge in [-0.3, -0.25) is 9.59 Å². The van der Waals surface area contributed by atoms with Gasteiger partial charge in [0.1, 0.15) is 0 Å². The van der Waals surface area contributed by atoms with Crippen molar-refractivity contribution < 1.29 is 14.7 Å². The number of carbonyl (C=O) groups is 2. The summed E-state index contributed by atoms with van der Waals surface area (Å²) in [5.41, 5.74) is 0.339. The lowest BCUT2D eigenvalue weighted by atomic mass is 10.00. The van der Waals surface area contributed by atoms with Gasteiger partial charge in [0.2, 0.25) is 0 Å². The molecule has 0 aliphatic heterocycles. The molecule has 0 radical (unpaired) electrons. The minimum absolute atomic E-state index is 0.0635. The van der Waals surface area contributed by atoms with Crippen LogP contribution in [0.1, 0.15) is 23.7 Å². The summed E-state index contributed by atoms with van der Waals surface area (Å²) in [4.78, 5) is 22.3. The quantitative estimate of drug-likeness (QED) is 0.846. The van der Waals surface area contributed by atoms with Gasteiger partial charge < -0.3 is 5.11 Å². The SMILES string of the molecule is CC(CC(=O)c1cc(Cl)cc(Cl)c1)C(=O)O. The van der Waals surface area contributed by atoms with E-state index < -0.39 is 11.9 Å². The van der Waals surface area contributed by atoms with E-state index >= 15 is 0 Å². The molecule has 1 N–H and O–H groups in total. The number of carbonyl (C=O) groups excluding carboxylic acids is 1. The van der Waals surface area contributed by atoms with Crippen LogP contribution in [0.4, 0.5) is 0 Å². The van der Waals surface area contributed by atoms with Crippen LogP contribution in [0.5, 0.6) is 0 Å². The second kappa shape index (κ2) is 5.32. The van der Waals surface area contributed by atoms with E-state index in [4.69, 9.17) is 28.3 Å². The lowest BCUT2D eigenvalue weighted by Gasteiger charge is -2.06. The molecule has 0 bridgehead atoms. The summed E-state index contributed by atoms with van der Waals surface area (Å²) >= 11 is 11.5. The van der Waals surface area contributed by atoms with Crippen LogP contribution < -0.4 is 0 Å². The molecule has 0 saturated carbocycles. The Kier molecular flexibility index (Phi) is 4.33. The van der Waals surface area contributed by atoms with Crippen LogP contribution in [0, 0.1) is 5.92 Å². The van der Waals surface area contributed by atoms with Crippen molar-refractivity contribution in [3.05, 3.63) is 33.8 Å². The Labute approximate surface area is 103 Å². The Hall–Kier alpha value is -1.06. The molecular weight excluding hydrogens is 251 g/mol. The van der Waals surface area contributed by atoms with E-state index in [9.17, 15) is 9.59 Å². The Morgan fingerprint density at radius 1 is 1.25 bits per heavy atom. The van der Waals surface area contributed by atoms with Crippen molar-refractivity contribution in [1.82, 2.24) is 0 Å². The zero-order valence-electron chi connectivity index (χ0n) is 8.54. The van der Waals surface area contributed by atoms with Crippen molar-refractivity contribution >= 4 is 35.0 Å². The molecule has 1 unspecified atom stereocenters. The number of carboxylic acids is 1. The van der Waals surface area contributed by atoms with Gasteiger partial charge in [0, 0.05) is 22.0 Å². The molecule has 3 nitrogen and oxygen atoms in total. The largest absolute Gasteiger partial charge is 0.481 e. The molecule has 1 aromatic carbocycles. The van der Waals surface area contributed by atoms with Crippen molar-refractivity contribution in [2.24, 2.45) is 5.92 Å².